The summed E-state index contributed by atoms with van der Waals surface area (Å²) in [6, 6.07) is 11.8. The van der Waals surface area contributed by atoms with Crippen LogP contribution in [0.15, 0.2) is 79.4 Å². The highest BCUT2D eigenvalue weighted by molar-refractivity contribution is 6.04. The summed E-state index contributed by atoms with van der Waals surface area (Å²) in [5, 5.41) is 0. The third-order valence-electron chi connectivity index (χ3n) is 3.91. The van der Waals surface area contributed by atoms with Crippen LogP contribution in [0.3, 0.4) is 0 Å². The second kappa shape index (κ2) is 6.97. The third-order valence-corrected chi connectivity index (χ3v) is 3.91. The maximum absolute atomic E-state index is 12.2. The number of aromatic nitrogens is 1. The highest BCUT2D eigenvalue weighted by Gasteiger charge is 2.05. The molecule has 0 radical (unpaired) electrons. The van der Waals surface area contributed by atoms with Gasteiger partial charge in [0.15, 0.2) is 5.78 Å². The van der Waals surface area contributed by atoms with E-state index in [0.29, 0.717) is 0 Å². The standard InChI is InChI=1S/C20H20N2O/c1-2-17-5-7-18(8-6-17)20(23)11-16-21-14-9-19(10-15-21)22-12-3-4-13-22/h3-14,16H,2,15H2,1H3/b16-11+. The van der Waals surface area contributed by atoms with E-state index in [1.165, 1.54) is 5.56 Å². The normalized spacial score (nSPS) is 14.3. The predicted octanol–water partition coefficient (Wildman–Crippen LogP) is 4.12. The van der Waals surface area contributed by atoms with Crippen LogP contribution in [0.2, 0.25) is 0 Å². The second-order valence-corrected chi connectivity index (χ2v) is 5.46. The first-order chi connectivity index (χ1) is 11.3. The van der Waals surface area contributed by atoms with Crippen LogP contribution in [-0.2, 0) is 6.42 Å². The van der Waals surface area contributed by atoms with Crippen molar-refractivity contribution >= 4 is 11.5 Å². The van der Waals surface area contributed by atoms with Gasteiger partial charge in [0, 0.05) is 48.7 Å². The van der Waals surface area contributed by atoms with Crippen LogP contribution < -0.4 is 0 Å². The first kappa shape index (κ1) is 15.1. The Hall–Kier alpha value is -2.81. The Bertz CT molecular complexity index is 749. The Kier molecular flexibility index (Phi) is 4.57. The Morgan fingerprint density at radius 1 is 1.17 bits per heavy atom. The van der Waals surface area contributed by atoms with Crippen molar-refractivity contribution in [1.82, 2.24) is 9.47 Å². The van der Waals surface area contributed by atoms with Gasteiger partial charge in [-0.15, -0.1) is 0 Å². The van der Waals surface area contributed by atoms with Crippen LogP contribution in [0.1, 0.15) is 22.8 Å². The van der Waals surface area contributed by atoms with Crippen LogP contribution in [0, 0.1) is 0 Å². The van der Waals surface area contributed by atoms with Gasteiger partial charge in [-0.25, -0.2) is 0 Å². The first-order valence-electron chi connectivity index (χ1n) is 7.85. The third kappa shape index (κ3) is 3.69. The molecule has 1 aromatic heterocycles. The Morgan fingerprint density at radius 2 is 1.91 bits per heavy atom. The average Bonchev–Trinajstić information content (AvgIpc) is 3.15. The number of hydrogen-bond donors (Lipinski definition) is 0. The largest absolute Gasteiger partial charge is 0.350 e. The molecule has 116 valence electrons. The summed E-state index contributed by atoms with van der Waals surface area (Å²) in [5.41, 5.74) is 3.11. The minimum atomic E-state index is 0.0289. The van der Waals surface area contributed by atoms with E-state index in [0.717, 1.165) is 24.2 Å². The molecule has 0 aliphatic carbocycles. The van der Waals surface area contributed by atoms with Crippen molar-refractivity contribution in [2.45, 2.75) is 13.3 Å². The molecule has 0 fully saturated rings. The molecule has 1 aliphatic rings. The van der Waals surface area contributed by atoms with Gasteiger partial charge in [0.05, 0.1) is 0 Å². The van der Waals surface area contributed by atoms with Gasteiger partial charge in [-0.2, -0.15) is 0 Å². The van der Waals surface area contributed by atoms with E-state index < -0.39 is 0 Å². The van der Waals surface area contributed by atoms with E-state index in [9.17, 15) is 4.79 Å². The monoisotopic (exact) mass is 304 g/mol. The summed E-state index contributed by atoms with van der Waals surface area (Å²) < 4.78 is 2.07. The van der Waals surface area contributed by atoms with E-state index in [4.69, 9.17) is 0 Å². The molecule has 0 bridgehead atoms. The molecule has 3 nitrogen and oxygen atoms in total. The quantitative estimate of drug-likeness (QED) is 0.613. The smallest absolute Gasteiger partial charge is 0.187 e. The number of nitrogens with zero attached hydrogens (tertiary/aromatic N) is 2. The fraction of sp³-hybridized carbons (Fsp3) is 0.150. The maximum Gasteiger partial charge on any atom is 0.187 e. The van der Waals surface area contributed by atoms with E-state index in [1.54, 1.807) is 6.08 Å². The maximum atomic E-state index is 12.2. The number of rotatable bonds is 5. The molecular formula is C20H20N2O. The zero-order valence-corrected chi connectivity index (χ0v) is 13.2. The van der Waals surface area contributed by atoms with Crippen molar-refractivity contribution in [1.29, 1.82) is 0 Å². The molecule has 3 rings (SSSR count). The Morgan fingerprint density at radius 3 is 2.52 bits per heavy atom. The fourth-order valence-corrected chi connectivity index (χ4v) is 2.47. The molecule has 0 saturated heterocycles. The minimum Gasteiger partial charge on any atom is -0.350 e. The zero-order valence-electron chi connectivity index (χ0n) is 13.2. The number of hydrogen-bond acceptors (Lipinski definition) is 2. The molecule has 2 aromatic rings. The number of allylic oxidation sites excluding steroid dienone is 3. The molecular weight excluding hydrogens is 284 g/mol. The first-order valence-corrected chi connectivity index (χ1v) is 7.85. The summed E-state index contributed by atoms with van der Waals surface area (Å²) in [7, 11) is 0. The minimum absolute atomic E-state index is 0.0289. The summed E-state index contributed by atoms with van der Waals surface area (Å²) >= 11 is 0. The van der Waals surface area contributed by atoms with E-state index in [2.05, 4.69) is 17.6 Å². The van der Waals surface area contributed by atoms with Crippen LogP contribution in [0.5, 0.6) is 0 Å². The lowest BCUT2D eigenvalue weighted by Gasteiger charge is -2.18. The van der Waals surface area contributed by atoms with Gasteiger partial charge < -0.3 is 9.47 Å². The number of ketones is 1. The van der Waals surface area contributed by atoms with Crippen LogP contribution in [0.4, 0.5) is 0 Å². The van der Waals surface area contributed by atoms with E-state index in [1.807, 2.05) is 72.2 Å². The van der Waals surface area contributed by atoms with Crippen molar-refractivity contribution in [3.05, 3.63) is 90.5 Å². The van der Waals surface area contributed by atoms with E-state index >= 15 is 0 Å². The molecule has 0 amide bonds. The number of carbonyl (C=O) groups excluding carboxylic acids is 1. The van der Waals surface area contributed by atoms with Crippen LogP contribution in [0.25, 0.3) is 5.70 Å². The van der Waals surface area contributed by atoms with Crippen molar-refractivity contribution < 1.29 is 4.79 Å². The molecule has 0 saturated carbocycles. The van der Waals surface area contributed by atoms with Crippen LogP contribution >= 0.6 is 0 Å². The molecule has 0 spiro atoms. The van der Waals surface area contributed by atoms with Gasteiger partial charge in [-0.1, -0.05) is 31.2 Å². The summed E-state index contributed by atoms with van der Waals surface area (Å²) in [6.07, 6.45) is 14.6. The number of carbonyl (C=O) groups is 1. The molecule has 0 N–H and O–H groups in total. The van der Waals surface area contributed by atoms with Gasteiger partial charge in [-0.05, 0) is 36.3 Å². The van der Waals surface area contributed by atoms with Crippen molar-refractivity contribution in [3.8, 4) is 0 Å². The molecule has 1 aromatic carbocycles. The molecule has 23 heavy (non-hydrogen) atoms. The highest BCUT2D eigenvalue weighted by Crippen LogP contribution is 2.13. The summed E-state index contributed by atoms with van der Waals surface area (Å²) in [6.45, 7) is 2.86. The fourth-order valence-electron chi connectivity index (χ4n) is 2.47. The highest BCUT2D eigenvalue weighted by atomic mass is 16.1. The molecule has 0 unspecified atom stereocenters. The lowest BCUT2D eigenvalue weighted by Crippen LogP contribution is -2.14. The lowest BCUT2D eigenvalue weighted by atomic mass is 10.1. The number of benzene rings is 1. The molecule has 0 atom stereocenters. The van der Waals surface area contributed by atoms with Gasteiger partial charge in [0.1, 0.15) is 0 Å². The Balaban J connectivity index is 1.60. The van der Waals surface area contributed by atoms with Crippen molar-refractivity contribution in [2.24, 2.45) is 0 Å². The predicted molar refractivity (Wildman–Crippen MR) is 93.8 cm³/mol. The SMILES string of the molecule is CCc1ccc(C(=O)/C=C/N2C=CC(n3cccc3)=CC2)cc1. The van der Waals surface area contributed by atoms with Crippen molar-refractivity contribution in [3.63, 3.8) is 0 Å². The molecule has 1 aliphatic heterocycles. The lowest BCUT2D eigenvalue weighted by molar-refractivity contribution is 0.104. The van der Waals surface area contributed by atoms with Gasteiger partial charge in [-0.3, -0.25) is 4.79 Å². The van der Waals surface area contributed by atoms with Gasteiger partial charge in [0.2, 0.25) is 0 Å². The van der Waals surface area contributed by atoms with Crippen molar-refractivity contribution in [2.75, 3.05) is 6.54 Å². The number of aryl methyl sites for hydroxylation is 1. The topological polar surface area (TPSA) is 25.2 Å². The Labute approximate surface area is 136 Å². The van der Waals surface area contributed by atoms with Gasteiger partial charge >= 0.3 is 0 Å². The second-order valence-electron chi connectivity index (χ2n) is 5.46. The average molecular weight is 304 g/mol. The van der Waals surface area contributed by atoms with Crippen LogP contribution in [-0.4, -0.2) is 21.8 Å². The van der Waals surface area contributed by atoms with Gasteiger partial charge in [0.25, 0.3) is 0 Å². The molecule has 3 heteroatoms. The zero-order chi connectivity index (χ0) is 16.1. The van der Waals surface area contributed by atoms with E-state index in [-0.39, 0.29) is 5.78 Å². The summed E-state index contributed by atoms with van der Waals surface area (Å²) in [4.78, 5) is 14.2. The molecule has 2 heterocycles. The summed E-state index contributed by atoms with van der Waals surface area (Å²) in [5.74, 6) is 0.0289.